The highest BCUT2D eigenvalue weighted by Crippen LogP contribution is 2.32. The van der Waals surface area contributed by atoms with Gasteiger partial charge in [-0.1, -0.05) is 43.6 Å². The number of carbonyl (C=O) groups is 1. The Morgan fingerprint density at radius 3 is 2.66 bits per heavy atom. The molecule has 1 atom stereocenters. The van der Waals surface area contributed by atoms with Crippen LogP contribution < -0.4 is 10.1 Å². The lowest BCUT2D eigenvalue weighted by Gasteiger charge is -2.11. The maximum atomic E-state index is 12.4. The molecule has 164 valence electrons. The Balaban J connectivity index is 1.43. The van der Waals surface area contributed by atoms with Crippen molar-refractivity contribution in [2.24, 2.45) is 0 Å². The molecule has 0 fully saturated rings. The number of amides is 1. The maximum absolute atomic E-state index is 12.4. The van der Waals surface area contributed by atoms with Gasteiger partial charge in [-0.05, 0) is 72.9 Å². The summed E-state index contributed by atoms with van der Waals surface area (Å²) in [7, 11) is 0. The molecule has 4 aromatic rings. The molecule has 1 aromatic heterocycles. The number of ether oxygens (including phenoxy) is 1. The summed E-state index contributed by atoms with van der Waals surface area (Å²) in [4.78, 5) is 16.9. The first-order valence-electron chi connectivity index (χ1n) is 10.6. The van der Waals surface area contributed by atoms with E-state index in [1.807, 2.05) is 49.4 Å². The van der Waals surface area contributed by atoms with Gasteiger partial charge in [0.25, 0.3) is 5.91 Å². The van der Waals surface area contributed by atoms with Crippen LogP contribution in [-0.4, -0.2) is 17.5 Å². The number of benzene rings is 3. The Kier molecular flexibility index (Phi) is 6.47. The van der Waals surface area contributed by atoms with Crippen LogP contribution in [-0.2, 0) is 4.79 Å². The Labute approximate surface area is 192 Å². The fraction of sp³-hybridized carbons (Fsp3) is 0.231. The van der Waals surface area contributed by atoms with E-state index in [4.69, 9.17) is 20.8 Å². The van der Waals surface area contributed by atoms with Crippen molar-refractivity contribution in [2.45, 2.75) is 33.1 Å². The number of aryl methyl sites for hydroxylation is 1. The Bertz CT molecular complexity index is 1250. The monoisotopic (exact) mass is 448 g/mol. The summed E-state index contributed by atoms with van der Waals surface area (Å²) in [5.74, 6) is 1.30. The molecular formula is C26H25ClN2O3. The number of oxazole rings is 1. The van der Waals surface area contributed by atoms with Gasteiger partial charge in [-0.2, -0.15) is 0 Å². The summed E-state index contributed by atoms with van der Waals surface area (Å²) in [5.41, 5.74) is 5.00. The predicted molar refractivity (Wildman–Crippen MR) is 128 cm³/mol. The first kappa shape index (κ1) is 21.9. The fourth-order valence-corrected chi connectivity index (χ4v) is 3.59. The molecule has 0 radical (unpaired) electrons. The van der Waals surface area contributed by atoms with Gasteiger partial charge >= 0.3 is 0 Å². The van der Waals surface area contributed by atoms with E-state index in [9.17, 15) is 4.79 Å². The molecule has 4 rings (SSSR count). The fourth-order valence-electron chi connectivity index (χ4n) is 3.39. The summed E-state index contributed by atoms with van der Waals surface area (Å²) in [5, 5.41) is 3.33. The van der Waals surface area contributed by atoms with Gasteiger partial charge in [0.1, 0.15) is 11.3 Å². The highest BCUT2D eigenvalue weighted by atomic mass is 35.5. The van der Waals surface area contributed by atoms with Gasteiger partial charge in [-0.3, -0.25) is 4.79 Å². The normalized spacial score (nSPS) is 12.0. The van der Waals surface area contributed by atoms with Gasteiger partial charge in [0.05, 0.1) is 10.6 Å². The van der Waals surface area contributed by atoms with E-state index in [1.54, 1.807) is 18.2 Å². The van der Waals surface area contributed by atoms with Crippen molar-refractivity contribution in [1.82, 2.24) is 4.98 Å². The predicted octanol–water partition coefficient (Wildman–Crippen LogP) is 6.99. The number of halogens is 1. The number of hydrogen-bond donors (Lipinski definition) is 1. The molecule has 6 heteroatoms. The minimum atomic E-state index is -0.266. The van der Waals surface area contributed by atoms with E-state index >= 15 is 0 Å². The van der Waals surface area contributed by atoms with E-state index in [0.29, 0.717) is 39.4 Å². The van der Waals surface area contributed by atoms with Crippen LogP contribution >= 0.6 is 11.6 Å². The molecular weight excluding hydrogens is 424 g/mol. The minimum absolute atomic E-state index is 0.0944. The van der Waals surface area contributed by atoms with Crippen molar-refractivity contribution in [3.63, 3.8) is 0 Å². The van der Waals surface area contributed by atoms with Gasteiger partial charge in [0.2, 0.25) is 5.89 Å². The largest absolute Gasteiger partial charge is 0.484 e. The molecule has 1 heterocycles. The van der Waals surface area contributed by atoms with Gasteiger partial charge in [0.15, 0.2) is 12.2 Å². The van der Waals surface area contributed by atoms with E-state index in [0.717, 1.165) is 17.5 Å². The summed E-state index contributed by atoms with van der Waals surface area (Å²) in [6.07, 6.45) is 1.08. The van der Waals surface area contributed by atoms with Crippen LogP contribution in [0.25, 0.3) is 22.6 Å². The first-order chi connectivity index (χ1) is 15.4. The topological polar surface area (TPSA) is 64.4 Å². The molecule has 1 N–H and O–H groups in total. The average molecular weight is 449 g/mol. The van der Waals surface area contributed by atoms with Gasteiger partial charge < -0.3 is 14.5 Å². The number of nitrogens with zero attached hydrogens (tertiary/aromatic N) is 1. The summed E-state index contributed by atoms with van der Waals surface area (Å²) in [6.45, 7) is 6.25. The lowest BCUT2D eigenvalue weighted by atomic mass is 9.99. The highest BCUT2D eigenvalue weighted by Gasteiger charge is 2.14. The van der Waals surface area contributed by atoms with Crippen molar-refractivity contribution >= 4 is 34.3 Å². The Morgan fingerprint density at radius 1 is 1.12 bits per heavy atom. The quantitative estimate of drug-likeness (QED) is 0.331. The zero-order valence-electron chi connectivity index (χ0n) is 18.3. The number of hydrogen-bond acceptors (Lipinski definition) is 4. The van der Waals surface area contributed by atoms with E-state index < -0.39 is 0 Å². The second-order valence-electron chi connectivity index (χ2n) is 7.90. The van der Waals surface area contributed by atoms with Crippen molar-refractivity contribution in [3.05, 3.63) is 76.8 Å². The van der Waals surface area contributed by atoms with Crippen LogP contribution in [0.4, 0.5) is 5.69 Å². The third kappa shape index (κ3) is 4.94. The number of anilines is 1. The number of aromatic nitrogens is 1. The van der Waals surface area contributed by atoms with E-state index in [2.05, 4.69) is 24.1 Å². The number of carbonyl (C=O) groups excluding carboxylic acids is 1. The molecule has 5 nitrogen and oxygen atoms in total. The van der Waals surface area contributed by atoms with Gasteiger partial charge in [-0.15, -0.1) is 0 Å². The molecule has 0 saturated carbocycles. The molecule has 32 heavy (non-hydrogen) atoms. The van der Waals surface area contributed by atoms with E-state index in [-0.39, 0.29) is 12.5 Å². The second kappa shape index (κ2) is 9.45. The molecule has 0 bridgehead atoms. The Hall–Kier alpha value is -3.31. The molecule has 0 saturated heterocycles. The third-order valence-corrected chi connectivity index (χ3v) is 5.78. The molecule has 0 aliphatic rings. The van der Waals surface area contributed by atoms with Gasteiger partial charge in [0, 0.05) is 5.69 Å². The highest BCUT2D eigenvalue weighted by molar-refractivity contribution is 6.33. The van der Waals surface area contributed by atoms with Crippen LogP contribution in [0.2, 0.25) is 5.02 Å². The van der Waals surface area contributed by atoms with Crippen LogP contribution in [0.15, 0.2) is 65.1 Å². The molecule has 0 aliphatic carbocycles. The van der Waals surface area contributed by atoms with Crippen molar-refractivity contribution in [3.8, 4) is 17.2 Å². The van der Waals surface area contributed by atoms with Crippen molar-refractivity contribution in [2.75, 3.05) is 11.9 Å². The lowest BCUT2D eigenvalue weighted by Crippen LogP contribution is -2.20. The zero-order valence-corrected chi connectivity index (χ0v) is 19.1. The minimum Gasteiger partial charge on any atom is -0.484 e. The zero-order chi connectivity index (χ0) is 22.7. The average Bonchev–Trinajstić information content (AvgIpc) is 3.21. The smallest absolute Gasteiger partial charge is 0.262 e. The SMILES string of the molecule is CCC(C)c1ccc(OCC(=O)Nc2ccc(Cl)c(-c3nc4cc(C)ccc4o3)c2)cc1. The third-order valence-electron chi connectivity index (χ3n) is 5.46. The maximum Gasteiger partial charge on any atom is 0.262 e. The van der Waals surface area contributed by atoms with Crippen molar-refractivity contribution < 1.29 is 13.9 Å². The summed E-state index contributed by atoms with van der Waals surface area (Å²) >= 11 is 6.38. The molecule has 0 spiro atoms. The van der Waals surface area contributed by atoms with Gasteiger partial charge in [-0.25, -0.2) is 4.98 Å². The molecule has 1 amide bonds. The molecule has 3 aromatic carbocycles. The number of rotatable bonds is 7. The van der Waals surface area contributed by atoms with Crippen LogP contribution in [0.3, 0.4) is 0 Å². The van der Waals surface area contributed by atoms with Crippen molar-refractivity contribution in [1.29, 1.82) is 0 Å². The number of nitrogens with one attached hydrogen (secondary N) is 1. The first-order valence-corrected chi connectivity index (χ1v) is 11.0. The Morgan fingerprint density at radius 2 is 1.91 bits per heavy atom. The number of fused-ring (bicyclic) bond motifs is 1. The molecule has 1 unspecified atom stereocenters. The summed E-state index contributed by atoms with van der Waals surface area (Å²) in [6, 6.07) is 18.9. The van der Waals surface area contributed by atoms with Crippen LogP contribution in [0, 0.1) is 6.92 Å². The van der Waals surface area contributed by atoms with Crippen LogP contribution in [0.1, 0.15) is 37.3 Å². The lowest BCUT2D eigenvalue weighted by molar-refractivity contribution is -0.118. The van der Waals surface area contributed by atoms with Crippen LogP contribution in [0.5, 0.6) is 5.75 Å². The van der Waals surface area contributed by atoms with E-state index in [1.165, 1.54) is 5.56 Å². The summed E-state index contributed by atoms with van der Waals surface area (Å²) < 4.78 is 11.5. The molecule has 0 aliphatic heterocycles. The standard InChI is InChI=1S/C26H25ClN2O3/c1-4-17(3)18-6-9-20(10-7-18)31-15-25(30)28-19-8-11-22(27)21(14-19)26-29-23-13-16(2)5-12-24(23)32-26/h5-14,17H,4,15H2,1-3H3,(H,28,30). The second-order valence-corrected chi connectivity index (χ2v) is 8.31.